The topological polar surface area (TPSA) is 0 Å². The maximum Gasteiger partial charge on any atom is 0.0254 e. The van der Waals surface area contributed by atoms with Crippen LogP contribution < -0.4 is 0 Å². The molecule has 0 aliphatic heterocycles. The molecule has 0 aromatic heterocycles. The Morgan fingerprint density at radius 1 is 0.342 bits per heavy atom. The van der Waals surface area contributed by atoms with Crippen LogP contribution in [0.4, 0.5) is 0 Å². The number of hydrogen-bond donors (Lipinski definition) is 0. The van der Waals surface area contributed by atoms with Crippen LogP contribution in [-0.2, 0) is 0 Å². The highest BCUT2D eigenvalue weighted by atomic mass is 79.9. The van der Waals surface area contributed by atoms with Crippen molar-refractivity contribution in [2.45, 2.75) is 41.5 Å². The summed E-state index contributed by atoms with van der Waals surface area (Å²) in [6.45, 7) is 12.4. The second kappa shape index (κ2) is 14.3. The normalized spacial score (nSPS) is 12.6. The van der Waals surface area contributed by atoms with Crippen molar-refractivity contribution in [2.24, 2.45) is 0 Å². The SMILES string of the molecule is C/C=C/c1cc(/C=C/C)c(-c2cc(-c3cc(Br)c(/C=C/C)cc3/C=C/C)c(/C=C/C)cc2/C=C/C)cc1Br. The molecule has 0 radical (unpaired) electrons. The molecule has 0 fully saturated rings. The maximum absolute atomic E-state index is 3.84. The van der Waals surface area contributed by atoms with Crippen molar-refractivity contribution < 1.29 is 0 Å². The van der Waals surface area contributed by atoms with Gasteiger partial charge in [-0.15, -0.1) is 0 Å². The summed E-state index contributed by atoms with van der Waals surface area (Å²) >= 11 is 7.67. The largest absolute Gasteiger partial charge is 0.0870 e. The van der Waals surface area contributed by atoms with Crippen LogP contribution in [0.1, 0.15) is 74.9 Å². The average molecular weight is 628 g/mol. The monoisotopic (exact) mass is 626 g/mol. The third-order valence-electron chi connectivity index (χ3n) is 6.22. The van der Waals surface area contributed by atoms with Gasteiger partial charge in [-0.1, -0.05) is 105 Å². The Morgan fingerprint density at radius 2 is 0.579 bits per heavy atom. The fraction of sp³-hybridized carbons (Fsp3) is 0.167. The molecule has 0 heterocycles. The number of halogens is 2. The van der Waals surface area contributed by atoms with Gasteiger partial charge in [0.1, 0.15) is 0 Å². The molecule has 0 aliphatic carbocycles. The number of benzene rings is 3. The summed E-state index contributed by atoms with van der Waals surface area (Å²) in [5, 5.41) is 0. The Kier molecular flexibility index (Phi) is 11.1. The summed E-state index contributed by atoms with van der Waals surface area (Å²) in [4.78, 5) is 0. The van der Waals surface area contributed by atoms with E-state index < -0.39 is 0 Å². The zero-order valence-electron chi connectivity index (χ0n) is 23.1. The minimum absolute atomic E-state index is 1.08. The van der Waals surface area contributed by atoms with Crippen LogP contribution in [0.3, 0.4) is 0 Å². The zero-order valence-corrected chi connectivity index (χ0v) is 26.3. The van der Waals surface area contributed by atoms with Crippen LogP contribution in [0.5, 0.6) is 0 Å². The molecule has 0 amide bonds. The summed E-state index contributed by atoms with van der Waals surface area (Å²) in [5.41, 5.74) is 11.9. The molecule has 0 aliphatic rings. The lowest BCUT2D eigenvalue weighted by Crippen LogP contribution is -1.96. The van der Waals surface area contributed by atoms with E-state index in [1.165, 1.54) is 55.6 Å². The van der Waals surface area contributed by atoms with Crippen LogP contribution in [-0.4, -0.2) is 0 Å². The maximum atomic E-state index is 3.84. The van der Waals surface area contributed by atoms with Crippen molar-refractivity contribution in [1.29, 1.82) is 0 Å². The molecule has 0 nitrogen and oxygen atoms in total. The molecule has 2 heteroatoms. The first-order valence-corrected chi connectivity index (χ1v) is 14.6. The van der Waals surface area contributed by atoms with Crippen LogP contribution in [0, 0.1) is 0 Å². The summed E-state index contributed by atoms with van der Waals surface area (Å²) in [6.07, 6.45) is 25.7. The van der Waals surface area contributed by atoms with Crippen molar-refractivity contribution in [2.75, 3.05) is 0 Å². The Morgan fingerprint density at radius 3 is 0.868 bits per heavy atom. The molecule has 0 spiro atoms. The van der Waals surface area contributed by atoms with E-state index in [9.17, 15) is 0 Å². The molecule has 194 valence electrons. The minimum atomic E-state index is 1.08. The third-order valence-corrected chi connectivity index (χ3v) is 7.59. The molecule has 0 saturated heterocycles. The van der Waals surface area contributed by atoms with Gasteiger partial charge in [-0.25, -0.2) is 0 Å². The predicted molar refractivity (Wildman–Crippen MR) is 181 cm³/mol. The van der Waals surface area contributed by atoms with Gasteiger partial charge in [0.05, 0.1) is 0 Å². The van der Waals surface area contributed by atoms with Gasteiger partial charge in [-0.3, -0.25) is 0 Å². The first kappa shape index (κ1) is 29.6. The summed E-state index contributed by atoms with van der Waals surface area (Å²) in [7, 11) is 0. The van der Waals surface area contributed by atoms with E-state index >= 15 is 0 Å². The molecular formula is C36H36Br2. The smallest absolute Gasteiger partial charge is 0.0254 e. The van der Waals surface area contributed by atoms with E-state index in [1.807, 2.05) is 13.8 Å². The fourth-order valence-electron chi connectivity index (χ4n) is 4.67. The lowest BCUT2D eigenvalue weighted by Gasteiger charge is -2.19. The lowest BCUT2D eigenvalue weighted by molar-refractivity contribution is 1.48. The molecule has 0 N–H and O–H groups in total. The Hall–Kier alpha value is -2.94. The first-order valence-electron chi connectivity index (χ1n) is 13.0. The molecule has 38 heavy (non-hydrogen) atoms. The molecular weight excluding hydrogens is 592 g/mol. The van der Waals surface area contributed by atoms with Gasteiger partial charge < -0.3 is 0 Å². The lowest BCUT2D eigenvalue weighted by atomic mass is 9.86. The van der Waals surface area contributed by atoms with E-state index in [-0.39, 0.29) is 0 Å². The quantitative estimate of drug-likeness (QED) is 0.233. The number of rotatable bonds is 8. The second-order valence-electron chi connectivity index (χ2n) is 8.95. The Bertz CT molecular complexity index is 1370. The zero-order chi connectivity index (χ0) is 27.7. The molecule has 3 aromatic carbocycles. The van der Waals surface area contributed by atoms with Gasteiger partial charge in [-0.05, 0) is 134 Å². The number of hydrogen-bond acceptors (Lipinski definition) is 0. The molecule has 0 saturated carbocycles. The van der Waals surface area contributed by atoms with Crippen molar-refractivity contribution in [1.82, 2.24) is 0 Å². The van der Waals surface area contributed by atoms with Gasteiger partial charge in [0.2, 0.25) is 0 Å². The van der Waals surface area contributed by atoms with Crippen LogP contribution in [0.2, 0.25) is 0 Å². The van der Waals surface area contributed by atoms with E-state index in [2.05, 4.69) is 169 Å². The van der Waals surface area contributed by atoms with E-state index in [0.717, 1.165) is 8.95 Å². The Labute approximate surface area is 246 Å². The van der Waals surface area contributed by atoms with Crippen LogP contribution >= 0.6 is 31.9 Å². The summed E-state index contributed by atoms with van der Waals surface area (Å²) in [6, 6.07) is 13.7. The first-order chi connectivity index (χ1) is 18.4. The minimum Gasteiger partial charge on any atom is -0.0870 e. The highest BCUT2D eigenvalue weighted by Gasteiger charge is 2.17. The van der Waals surface area contributed by atoms with Crippen molar-refractivity contribution in [3.8, 4) is 22.3 Å². The van der Waals surface area contributed by atoms with Crippen LogP contribution in [0.15, 0.2) is 81.8 Å². The van der Waals surface area contributed by atoms with Gasteiger partial charge in [0, 0.05) is 8.95 Å². The van der Waals surface area contributed by atoms with Crippen LogP contribution in [0.25, 0.3) is 58.7 Å². The van der Waals surface area contributed by atoms with E-state index in [4.69, 9.17) is 0 Å². The standard InChI is InChI=1S/C36H36Br2/c1-7-13-25-19-26(14-8-2)32(34-24-36(38)30(18-12-6)21-28(34)16-10-4)22-31(25)33-23-35(37)29(17-11-5)20-27(33)15-9-3/h7-24H,1-6H3/b13-7+,14-8+,15-9+,16-10+,17-11+,18-12+. The number of allylic oxidation sites excluding steroid dienone is 6. The van der Waals surface area contributed by atoms with Crippen molar-refractivity contribution >= 4 is 68.3 Å². The van der Waals surface area contributed by atoms with E-state index in [1.54, 1.807) is 0 Å². The van der Waals surface area contributed by atoms with E-state index in [0.29, 0.717) is 0 Å². The Balaban J connectivity index is 2.48. The second-order valence-corrected chi connectivity index (χ2v) is 10.7. The van der Waals surface area contributed by atoms with Crippen molar-refractivity contribution in [3.63, 3.8) is 0 Å². The summed E-state index contributed by atoms with van der Waals surface area (Å²) in [5.74, 6) is 0. The fourth-order valence-corrected chi connectivity index (χ4v) is 5.62. The highest BCUT2D eigenvalue weighted by molar-refractivity contribution is 9.10. The summed E-state index contributed by atoms with van der Waals surface area (Å²) < 4.78 is 2.16. The molecule has 0 unspecified atom stereocenters. The molecule has 3 rings (SSSR count). The molecule has 0 atom stereocenters. The predicted octanol–water partition coefficient (Wildman–Crippen LogP) is 12.7. The van der Waals surface area contributed by atoms with Gasteiger partial charge in [-0.2, -0.15) is 0 Å². The third kappa shape index (κ3) is 6.73. The highest BCUT2D eigenvalue weighted by Crippen LogP contribution is 2.41. The van der Waals surface area contributed by atoms with Gasteiger partial charge >= 0.3 is 0 Å². The van der Waals surface area contributed by atoms with Gasteiger partial charge in [0.25, 0.3) is 0 Å². The molecule has 0 bridgehead atoms. The average Bonchev–Trinajstić information content (AvgIpc) is 2.89. The van der Waals surface area contributed by atoms with Gasteiger partial charge in [0.15, 0.2) is 0 Å². The van der Waals surface area contributed by atoms with Crippen molar-refractivity contribution in [3.05, 3.63) is 115 Å². The molecule has 3 aromatic rings.